The number of hydroxylamine groups is 1. The van der Waals surface area contributed by atoms with Gasteiger partial charge in [0.2, 0.25) is 0 Å². The van der Waals surface area contributed by atoms with Crippen LogP contribution in [0.5, 0.6) is 0 Å². The molecule has 0 saturated carbocycles. The molecule has 0 aromatic heterocycles. The van der Waals surface area contributed by atoms with E-state index >= 15 is 0 Å². The Bertz CT molecular complexity index is 779. The number of hydrogen-bond donors (Lipinski definition) is 2. The lowest BCUT2D eigenvalue weighted by molar-refractivity contribution is -0.148. The lowest BCUT2D eigenvalue weighted by Gasteiger charge is -2.30. The summed E-state index contributed by atoms with van der Waals surface area (Å²) in [4.78, 5) is 43.6. The molecule has 1 aromatic carbocycles. The molecule has 0 radical (unpaired) electrons. The highest BCUT2D eigenvalue weighted by Crippen LogP contribution is 2.34. The van der Waals surface area contributed by atoms with Crippen LogP contribution in [0, 0.1) is 5.92 Å². The zero-order valence-corrected chi connectivity index (χ0v) is 18.3. The number of benzene rings is 1. The van der Waals surface area contributed by atoms with Gasteiger partial charge in [-0.25, -0.2) is 10.3 Å². The van der Waals surface area contributed by atoms with Crippen molar-refractivity contribution in [3.63, 3.8) is 0 Å². The highest BCUT2D eigenvalue weighted by Gasteiger charge is 2.49. The number of carbonyl (C=O) groups is 3. The van der Waals surface area contributed by atoms with Gasteiger partial charge < -0.3 is 19.7 Å². The molecule has 170 valence electrons. The minimum Gasteiger partial charge on any atom is -0.444 e. The first-order valence-electron chi connectivity index (χ1n) is 10.6. The van der Waals surface area contributed by atoms with E-state index in [-0.39, 0.29) is 30.9 Å². The molecule has 2 fully saturated rings. The van der Waals surface area contributed by atoms with Gasteiger partial charge in [-0.1, -0.05) is 30.3 Å². The van der Waals surface area contributed by atoms with E-state index in [2.05, 4.69) is 10.8 Å². The highest BCUT2D eigenvalue weighted by molar-refractivity contribution is 5.91. The average molecular weight is 434 g/mol. The zero-order chi connectivity index (χ0) is 22.4. The summed E-state index contributed by atoms with van der Waals surface area (Å²) in [6, 6.07) is 9.13. The minimum absolute atomic E-state index is 0.0804. The van der Waals surface area contributed by atoms with Crippen LogP contribution in [0.2, 0.25) is 0 Å². The molecule has 2 N–H and O–H groups in total. The monoisotopic (exact) mass is 433 g/mol. The first-order valence-corrected chi connectivity index (χ1v) is 10.6. The van der Waals surface area contributed by atoms with Gasteiger partial charge in [-0.05, 0) is 39.2 Å². The third-order valence-corrected chi connectivity index (χ3v) is 5.19. The summed E-state index contributed by atoms with van der Waals surface area (Å²) < 4.78 is 11.0. The summed E-state index contributed by atoms with van der Waals surface area (Å²) in [5.74, 6) is -0.419. The molecule has 9 nitrogen and oxygen atoms in total. The predicted octanol–water partition coefficient (Wildman–Crippen LogP) is 1.77. The summed E-state index contributed by atoms with van der Waals surface area (Å²) in [5.41, 5.74) is 2.81. The Morgan fingerprint density at radius 1 is 1.16 bits per heavy atom. The van der Waals surface area contributed by atoms with Crippen molar-refractivity contribution >= 4 is 17.9 Å². The zero-order valence-electron chi connectivity index (χ0n) is 18.3. The third kappa shape index (κ3) is 6.41. The van der Waals surface area contributed by atoms with Gasteiger partial charge in [0.25, 0.3) is 11.8 Å². The smallest absolute Gasteiger partial charge is 0.407 e. The van der Waals surface area contributed by atoms with E-state index in [1.165, 1.54) is 0 Å². The van der Waals surface area contributed by atoms with E-state index in [0.29, 0.717) is 19.6 Å². The minimum atomic E-state index is -0.580. The molecule has 3 amide bonds. The number of amides is 3. The van der Waals surface area contributed by atoms with E-state index < -0.39 is 23.8 Å². The number of fused-ring (bicyclic) bond motifs is 2. The molecular weight excluding hydrogens is 402 g/mol. The number of piperidine rings is 1. The first-order chi connectivity index (χ1) is 14.7. The Balaban J connectivity index is 1.40. The number of carbonyl (C=O) groups excluding carboxylic acids is 3. The van der Waals surface area contributed by atoms with Crippen molar-refractivity contribution in [2.24, 2.45) is 5.92 Å². The lowest BCUT2D eigenvalue weighted by Crippen LogP contribution is -2.49. The summed E-state index contributed by atoms with van der Waals surface area (Å²) >= 11 is 0. The topological polar surface area (TPSA) is 106 Å². The normalized spacial score (nSPS) is 22.9. The Morgan fingerprint density at radius 2 is 1.90 bits per heavy atom. The standard InChI is InChI=1S/C22H31N3O6/c1-22(2,3)31-21(28)23-11-12-30-24-19(26)17-10-9-16-13-25(17)20(27)18(16)29-14-15-7-5-4-6-8-15/h4-8,16-18H,9-14H2,1-3H3,(H,23,28)(H,24,26)/t16-,17+,18?/m1/s1. The number of nitrogens with one attached hydrogen (secondary N) is 2. The number of ether oxygens (including phenoxy) is 2. The van der Waals surface area contributed by atoms with Crippen LogP contribution in [0.3, 0.4) is 0 Å². The van der Waals surface area contributed by atoms with Gasteiger partial charge in [0.1, 0.15) is 17.7 Å². The molecule has 0 aliphatic carbocycles. The van der Waals surface area contributed by atoms with Crippen molar-refractivity contribution in [3.05, 3.63) is 35.9 Å². The van der Waals surface area contributed by atoms with E-state index in [0.717, 1.165) is 12.0 Å². The lowest BCUT2D eigenvalue weighted by atomic mass is 9.94. The molecule has 1 unspecified atom stereocenters. The van der Waals surface area contributed by atoms with Crippen molar-refractivity contribution < 1.29 is 28.7 Å². The quantitative estimate of drug-likeness (QED) is 0.478. The van der Waals surface area contributed by atoms with Crippen LogP contribution in [-0.4, -0.2) is 60.3 Å². The van der Waals surface area contributed by atoms with Gasteiger partial charge >= 0.3 is 6.09 Å². The van der Waals surface area contributed by atoms with Gasteiger partial charge in [0.15, 0.2) is 0 Å². The molecule has 31 heavy (non-hydrogen) atoms. The first kappa shape index (κ1) is 23.0. The molecule has 3 rings (SSSR count). The fourth-order valence-electron chi connectivity index (χ4n) is 3.80. The number of nitrogens with zero attached hydrogens (tertiary/aromatic N) is 1. The van der Waals surface area contributed by atoms with Crippen LogP contribution in [-0.2, 0) is 30.5 Å². The van der Waals surface area contributed by atoms with Crippen LogP contribution in [0.25, 0.3) is 0 Å². The summed E-state index contributed by atoms with van der Waals surface area (Å²) in [6.45, 7) is 6.46. The Labute approximate surface area is 182 Å². The molecule has 2 aliphatic heterocycles. The summed E-state index contributed by atoms with van der Waals surface area (Å²) in [6.07, 6.45) is 0.231. The fourth-order valence-corrected chi connectivity index (χ4v) is 3.80. The number of rotatable bonds is 8. The number of hydrogen-bond acceptors (Lipinski definition) is 6. The van der Waals surface area contributed by atoms with E-state index in [1.807, 2.05) is 30.3 Å². The van der Waals surface area contributed by atoms with E-state index in [4.69, 9.17) is 14.3 Å². The molecule has 3 atom stereocenters. The van der Waals surface area contributed by atoms with Crippen molar-refractivity contribution in [2.45, 2.75) is 58.0 Å². The maximum atomic E-state index is 12.8. The maximum absolute atomic E-state index is 12.8. The molecule has 2 heterocycles. The molecule has 9 heteroatoms. The predicted molar refractivity (Wildman–Crippen MR) is 112 cm³/mol. The van der Waals surface area contributed by atoms with Crippen LogP contribution < -0.4 is 10.8 Å². The second-order valence-electron chi connectivity index (χ2n) is 8.80. The van der Waals surface area contributed by atoms with Crippen molar-refractivity contribution in [1.82, 2.24) is 15.7 Å². The SMILES string of the molecule is CC(C)(C)OC(=O)NCCONC(=O)[C@@H]1CC[C@@H]2CN1C(=O)C2OCc1ccccc1. The van der Waals surface area contributed by atoms with E-state index in [9.17, 15) is 14.4 Å². The Hall–Kier alpha value is -2.65. The molecule has 2 bridgehead atoms. The summed E-state index contributed by atoms with van der Waals surface area (Å²) in [5, 5.41) is 2.54. The van der Waals surface area contributed by atoms with Crippen LogP contribution in [0.4, 0.5) is 4.79 Å². The van der Waals surface area contributed by atoms with Gasteiger partial charge in [-0.2, -0.15) is 0 Å². The maximum Gasteiger partial charge on any atom is 0.407 e. The fraction of sp³-hybridized carbons (Fsp3) is 0.591. The largest absolute Gasteiger partial charge is 0.444 e. The van der Waals surface area contributed by atoms with Crippen molar-refractivity contribution in [2.75, 3.05) is 19.7 Å². The highest BCUT2D eigenvalue weighted by atomic mass is 16.7. The molecule has 2 saturated heterocycles. The van der Waals surface area contributed by atoms with Crippen LogP contribution in [0.1, 0.15) is 39.2 Å². The molecule has 0 spiro atoms. The van der Waals surface area contributed by atoms with Crippen LogP contribution in [0.15, 0.2) is 30.3 Å². The van der Waals surface area contributed by atoms with E-state index in [1.54, 1.807) is 25.7 Å². The summed E-state index contributed by atoms with van der Waals surface area (Å²) in [7, 11) is 0. The molecule has 1 aromatic rings. The van der Waals surface area contributed by atoms with Crippen molar-refractivity contribution in [3.8, 4) is 0 Å². The Morgan fingerprint density at radius 3 is 2.61 bits per heavy atom. The average Bonchev–Trinajstić information content (AvgIpc) is 2.95. The van der Waals surface area contributed by atoms with Gasteiger partial charge in [0.05, 0.1) is 13.2 Å². The second kappa shape index (κ2) is 10.1. The van der Waals surface area contributed by atoms with Gasteiger partial charge in [-0.3, -0.25) is 14.4 Å². The molecule has 2 aliphatic rings. The van der Waals surface area contributed by atoms with Gasteiger partial charge in [-0.15, -0.1) is 0 Å². The third-order valence-electron chi connectivity index (χ3n) is 5.19. The van der Waals surface area contributed by atoms with Gasteiger partial charge in [0, 0.05) is 19.0 Å². The second-order valence-corrected chi connectivity index (χ2v) is 8.80. The van der Waals surface area contributed by atoms with Crippen LogP contribution >= 0.6 is 0 Å². The molecular formula is C22H31N3O6. The Kier molecular flexibility index (Phi) is 7.50. The van der Waals surface area contributed by atoms with Crippen molar-refractivity contribution in [1.29, 1.82) is 0 Å². The number of alkyl carbamates (subject to hydrolysis) is 1.